The molecule has 0 atom stereocenters. The van der Waals surface area contributed by atoms with Gasteiger partial charge in [0.15, 0.2) is 0 Å². The number of imidazole rings is 1. The van der Waals surface area contributed by atoms with Gasteiger partial charge in [0.1, 0.15) is 11.3 Å². The van der Waals surface area contributed by atoms with E-state index in [2.05, 4.69) is 40.2 Å². The lowest BCUT2D eigenvalue weighted by molar-refractivity contribution is 0.563. The molecule has 1 N–H and O–H groups in total. The Balaban J connectivity index is 2.32. The van der Waals surface area contributed by atoms with Gasteiger partial charge in [-0.3, -0.25) is 4.57 Å². The molecule has 0 bridgehead atoms. The van der Waals surface area contributed by atoms with Crippen LogP contribution in [0, 0.1) is 0 Å². The lowest BCUT2D eigenvalue weighted by Gasteiger charge is -2.32. The summed E-state index contributed by atoms with van der Waals surface area (Å²) in [5, 5.41) is 6.84. The number of nitrogens with zero attached hydrogens (tertiary/aromatic N) is 2. The lowest BCUT2D eigenvalue weighted by atomic mass is 9.99. The number of aromatic nitrogens is 2. The predicted octanol–water partition coefficient (Wildman–Crippen LogP) is 2.59. The van der Waals surface area contributed by atoms with Crippen molar-refractivity contribution >= 4 is 17.0 Å². The first-order chi connectivity index (χ1) is 6.68. The molecule has 0 saturated carbocycles. The Kier molecular flexibility index (Phi) is 1.37. The molecule has 0 unspecified atom stereocenters. The minimum absolute atomic E-state index is 0.0371. The Labute approximate surface area is 86.4 Å². The third kappa shape index (κ3) is 0.889. The van der Waals surface area contributed by atoms with Crippen molar-refractivity contribution < 1.29 is 0 Å². The molecule has 0 aliphatic carbocycles. The molecule has 0 spiro atoms. The average Bonchev–Trinajstić information content (AvgIpc) is 2.66. The number of nitrogens with one attached hydrogen (secondary N) is 1. The first-order valence-corrected chi connectivity index (χ1v) is 5.45. The maximum atomic E-state index is 4.21. The van der Waals surface area contributed by atoms with Crippen LogP contribution in [0.1, 0.15) is 19.5 Å². The summed E-state index contributed by atoms with van der Waals surface area (Å²) in [6.45, 7) is 4.34. The van der Waals surface area contributed by atoms with Crippen LogP contribution >= 0.6 is 11.3 Å². The van der Waals surface area contributed by atoms with Crippen molar-refractivity contribution in [1.82, 2.24) is 9.55 Å². The van der Waals surface area contributed by atoms with E-state index in [1.165, 1.54) is 16.4 Å². The minimum Gasteiger partial charge on any atom is -0.372 e. The molecular formula is C10H11N3S. The molecule has 3 rings (SSSR count). The largest absolute Gasteiger partial charge is 0.372 e. The van der Waals surface area contributed by atoms with E-state index in [0.717, 1.165) is 0 Å². The fourth-order valence-corrected chi connectivity index (χ4v) is 2.74. The molecule has 0 fully saturated rings. The molecule has 3 nitrogen and oxygen atoms in total. The lowest BCUT2D eigenvalue weighted by Crippen LogP contribution is -2.33. The quantitative estimate of drug-likeness (QED) is 0.716. The molecule has 0 saturated heterocycles. The van der Waals surface area contributed by atoms with E-state index >= 15 is 0 Å². The van der Waals surface area contributed by atoms with Crippen LogP contribution in [0.15, 0.2) is 24.0 Å². The molecule has 2 aromatic rings. The van der Waals surface area contributed by atoms with Crippen LogP contribution in [0.4, 0.5) is 5.69 Å². The van der Waals surface area contributed by atoms with E-state index in [9.17, 15) is 0 Å². The van der Waals surface area contributed by atoms with E-state index in [1.54, 1.807) is 11.3 Å². The van der Waals surface area contributed by atoms with Crippen LogP contribution in [-0.4, -0.2) is 9.55 Å². The molecule has 3 heterocycles. The second-order valence-electron chi connectivity index (χ2n) is 4.04. The molecule has 0 amide bonds. The van der Waals surface area contributed by atoms with E-state index in [0.29, 0.717) is 0 Å². The van der Waals surface area contributed by atoms with Crippen molar-refractivity contribution in [2.45, 2.75) is 19.4 Å². The first-order valence-electron chi connectivity index (χ1n) is 4.57. The highest BCUT2D eigenvalue weighted by atomic mass is 32.1. The van der Waals surface area contributed by atoms with Gasteiger partial charge in [0.2, 0.25) is 0 Å². The second-order valence-corrected chi connectivity index (χ2v) is 4.93. The van der Waals surface area contributed by atoms with Gasteiger partial charge in [0.25, 0.3) is 0 Å². The standard InChI is InChI=1S/C10H11N3S/c1-10(2)8-5-11-6-13(8)9-7(12-10)3-4-14-9/h3-6,12H,1-2H3. The van der Waals surface area contributed by atoms with Crippen molar-refractivity contribution in [3.05, 3.63) is 29.7 Å². The first kappa shape index (κ1) is 8.05. The summed E-state index contributed by atoms with van der Waals surface area (Å²) < 4.78 is 2.16. The molecule has 14 heavy (non-hydrogen) atoms. The normalized spacial score (nSPS) is 17.0. The summed E-state index contributed by atoms with van der Waals surface area (Å²) in [6.07, 6.45) is 3.81. The van der Waals surface area contributed by atoms with Crippen molar-refractivity contribution in [3.63, 3.8) is 0 Å². The van der Waals surface area contributed by atoms with Gasteiger partial charge in [-0.1, -0.05) is 0 Å². The van der Waals surface area contributed by atoms with Crippen molar-refractivity contribution in [2.75, 3.05) is 5.32 Å². The number of hydrogen-bond acceptors (Lipinski definition) is 3. The zero-order valence-electron chi connectivity index (χ0n) is 8.11. The number of fused-ring (bicyclic) bond motifs is 3. The SMILES string of the molecule is CC1(C)Nc2ccsc2-n2cncc21. The Bertz CT molecular complexity index is 481. The van der Waals surface area contributed by atoms with Gasteiger partial charge in [-0.05, 0) is 25.3 Å². The average molecular weight is 205 g/mol. The molecule has 0 aromatic carbocycles. The van der Waals surface area contributed by atoms with Gasteiger partial charge in [0.05, 0.1) is 23.1 Å². The second kappa shape index (κ2) is 2.39. The van der Waals surface area contributed by atoms with E-state index < -0.39 is 0 Å². The molecule has 4 heteroatoms. The maximum absolute atomic E-state index is 4.21. The molecular weight excluding hydrogens is 194 g/mol. The van der Waals surface area contributed by atoms with Crippen molar-refractivity contribution in [3.8, 4) is 5.00 Å². The summed E-state index contributed by atoms with van der Waals surface area (Å²) in [5.74, 6) is 0. The van der Waals surface area contributed by atoms with Crippen LogP contribution in [0.3, 0.4) is 0 Å². The summed E-state index contributed by atoms with van der Waals surface area (Å²) in [6, 6.07) is 2.12. The van der Waals surface area contributed by atoms with Gasteiger partial charge in [0, 0.05) is 0 Å². The maximum Gasteiger partial charge on any atom is 0.124 e. The highest BCUT2D eigenvalue weighted by Gasteiger charge is 2.31. The third-order valence-corrected chi connectivity index (χ3v) is 3.50. The topological polar surface area (TPSA) is 29.9 Å². The van der Waals surface area contributed by atoms with E-state index in [1.807, 2.05) is 12.5 Å². The van der Waals surface area contributed by atoms with Crippen LogP contribution < -0.4 is 5.32 Å². The number of anilines is 1. The fourth-order valence-electron chi connectivity index (χ4n) is 1.90. The number of hydrogen-bond donors (Lipinski definition) is 1. The minimum atomic E-state index is -0.0371. The Hall–Kier alpha value is -1.29. The molecule has 2 aromatic heterocycles. The van der Waals surface area contributed by atoms with Crippen molar-refractivity contribution in [1.29, 1.82) is 0 Å². The highest BCUT2D eigenvalue weighted by Crippen LogP contribution is 2.39. The third-order valence-electron chi connectivity index (χ3n) is 2.59. The summed E-state index contributed by atoms with van der Waals surface area (Å²) in [5.41, 5.74) is 2.38. The van der Waals surface area contributed by atoms with Crippen LogP contribution in [0.2, 0.25) is 0 Å². The van der Waals surface area contributed by atoms with E-state index in [4.69, 9.17) is 0 Å². The molecule has 0 radical (unpaired) electrons. The number of thiophene rings is 1. The van der Waals surface area contributed by atoms with Gasteiger partial charge in [-0.15, -0.1) is 11.3 Å². The predicted molar refractivity (Wildman–Crippen MR) is 58.1 cm³/mol. The zero-order chi connectivity index (χ0) is 9.76. The monoisotopic (exact) mass is 205 g/mol. The van der Waals surface area contributed by atoms with Crippen molar-refractivity contribution in [2.24, 2.45) is 0 Å². The molecule has 1 aliphatic rings. The Morgan fingerprint density at radius 1 is 1.50 bits per heavy atom. The summed E-state index contributed by atoms with van der Waals surface area (Å²) in [4.78, 5) is 4.21. The molecule has 1 aliphatic heterocycles. The fraction of sp³-hybridized carbons (Fsp3) is 0.300. The highest BCUT2D eigenvalue weighted by molar-refractivity contribution is 7.13. The van der Waals surface area contributed by atoms with Gasteiger partial charge >= 0.3 is 0 Å². The Morgan fingerprint density at radius 2 is 2.36 bits per heavy atom. The van der Waals surface area contributed by atoms with Crippen LogP contribution in [0.25, 0.3) is 5.00 Å². The van der Waals surface area contributed by atoms with Gasteiger partial charge < -0.3 is 5.32 Å². The summed E-state index contributed by atoms with van der Waals surface area (Å²) >= 11 is 1.73. The smallest absolute Gasteiger partial charge is 0.124 e. The van der Waals surface area contributed by atoms with Gasteiger partial charge in [-0.25, -0.2) is 4.98 Å². The molecule has 72 valence electrons. The van der Waals surface area contributed by atoms with Gasteiger partial charge in [-0.2, -0.15) is 0 Å². The van der Waals surface area contributed by atoms with Crippen LogP contribution in [0.5, 0.6) is 0 Å². The Morgan fingerprint density at radius 3 is 3.21 bits per heavy atom. The van der Waals surface area contributed by atoms with Crippen LogP contribution in [-0.2, 0) is 5.54 Å². The zero-order valence-corrected chi connectivity index (χ0v) is 8.93. The summed E-state index contributed by atoms with van der Waals surface area (Å²) in [7, 11) is 0. The number of rotatable bonds is 0. The van der Waals surface area contributed by atoms with E-state index in [-0.39, 0.29) is 5.54 Å².